The van der Waals surface area contributed by atoms with Crippen molar-refractivity contribution in [2.75, 3.05) is 0 Å². The van der Waals surface area contributed by atoms with Gasteiger partial charge in [-0.3, -0.25) is 4.79 Å². The lowest BCUT2D eigenvalue weighted by atomic mass is 10.2. The number of carbonyl (C=O) groups is 1. The van der Waals surface area contributed by atoms with Gasteiger partial charge in [-0.2, -0.15) is 0 Å². The number of nitrogens with one attached hydrogen (secondary N) is 1. The van der Waals surface area contributed by atoms with Crippen molar-refractivity contribution in [3.8, 4) is 0 Å². The predicted molar refractivity (Wildman–Crippen MR) is 67.5 cm³/mol. The van der Waals surface area contributed by atoms with E-state index in [1.165, 1.54) is 0 Å². The number of hydrogen-bond acceptors (Lipinski definition) is 2. The van der Waals surface area contributed by atoms with Crippen LogP contribution in [0.2, 0.25) is 0 Å². The highest BCUT2D eigenvalue weighted by molar-refractivity contribution is 6.48. The van der Waals surface area contributed by atoms with Gasteiger partial charge in [0.1, 0.15) is 0 Å². The number of ether oxygens (including phenoxy) is 1. The molecule has 0 spiro atoms. The summed E-state index contributed by atoms with van der Waals surface area (Å²) in [6.45, 7) is 1.56. The standard InChI is InChI=1S/C12H11Cl2NO2/c1-12(13,14)11-15-10(16)9(17-11)7-8-5-3-2-4-6-8/h2-7,11H,1H3,(H,15,16)/b9-7-. The largest absolute Gasteiger partial charge is 0.462 e. The first-order chi connectivity index (χ1) is 7.97. The molecule has 1 N–H and O–H groups in total. The number of amides is 1. The van der Waals surface area contributed by atoms with Gasteiger partial charge in [0.05, 0.1) is 0 Å². The molecule has 0 bridgehead atoms. The third-order valence-electron chi connectivity index (χ3n) is 2.29. The number of hydrogen-bond donors (Lipinski definition) is 1. The van der Waals surface area contributed by atoms with Crippen LogP contribution in [0.3, 0.4) is 0 Å². The molecule has 1 saturated heterocycles. The van der Waals surface area contributed by atoms with Crippen LogP contribution in [0.25, 0.3) is 6.08 Å². The van der Waals surface area contributed by atoms with Crippen LogP contribution in [0, 0.1) is 0 Å². The quantitative estimate of drug-likeness (QED) is 0.664. The van der Waals surface area contributed by atoms with Crippen molar-refractivity contribution in [3.05, 3.63) is 41.7 Å². The minimum Gasteiger partial charge on any atom is -0.462 e. The van der Waals surface area contributed by atoms with Gasteiger partial charge in [0.2, 0.25) is 6.23 Å². The maximum atomic E-state index is 11.6. The third kappa shape index (κ3) is 2.93. The van der Waals surface area contributed by atoms with Gasteiger partial charge < -0.3 is 10.1 Å². The molecule has 1 aromatic rings. The normalized spacial score (nSPS) is 22.4. The topological polar surface area (TPSA) is 38.3 Å². The maximum absolute atomic E-state index is 11.6. The summed E-state index contributed by atoms with van der Waals surface area (Å²) in [5, 5.41) is 2.57. The molecule has 90 valence electrons. The van der Waals surface area contributed by atoms with Crippen molar-refractivity contribution in [1.82, 2.24) is 5.32 Å². The monoisotopic (exact) mass is 271 g/mol. The molecule has 1 fully saturated rings. The molecule has 1 unspecified atom stereocenters. The van der Waals surface area contributed by atoms with Gasteiger partial charge in [-0.05, 0) is 18.6 Å². The molecule has 17 heavy (non-hydrogen) atoms. The minimum absolute atomic E-state index is 0.216. The minimum atomic E-state index is -1.16. The highest BCUT2D eigenvalue weighted by atomic mass is 35.5. The Morgan fingerprint density at radius 3 is 2.53 bits per heavy atom. The van der Waals surface area contributed by atoms with E-state index in [-0.39, 0.29) is 11.7 Å². The maximum Gasteiger partial charge on any atom is 0.289 e. The van der Waals surface area contributed by atoms with E-state index in [1.54, 1.807) is 13.0 Å². The number of alkyl halides is 2. The molecule has 2 rings (SSSR count). The lowest BCUT2D eigenvalue weighted by Crippen LogP contribution is -2.39. The second-order valence-corrected chi connectivity index (χ2v) is 5.61. The molecule has 1 atom stereocenters. The average Bonchev–Trinajstić information content (AvgIpc) is 2.62. The van der Waals surface area contributed by atoms with Crippen molar-refractivity contribution < 1.29 is 9.53 Å². The van der Waals surface area contributed by atoms with Crippen molar-refractivity contribution in [1.29, 1.82) is 0 Å². The Balaban J connectivity index is 2.19. The zero-order valence-electron chi connectivity index (χ0n) is 9.11. The summed E-state index contributed by atoms with van der Waals surface area (Å²) >= 11 is 11.7. The van der Waals surface area contributed by atoms with Crippen LogP contribution in [0.4, 0.5) is 0 Å². The van der Waals surface area contributed by atoms with Crippen LogP contribution >= 0.6 is 23.2 Å². The molecular formula is C12H11Cl2NO2. The van der Waals surface area contributed by atoms with E-state index in [0.29, 0.717) is 0 Å². The lowest BCUT2D eigenvalue weighted by molar-refractivity contribution is -0.116. The molecule has 1 aromatic carbocycles. The first-order valence-corrected chi connectivity index (χ1v) is 5.84. The van der Waals surface area contributed by atoms with E-state index in [2.05, 4.69) is 5.32 Å². The zero-order chi connectivity index (χ0) is 12.5. The molecule has 3 nitrogen and oxygen atoms in total. The van der Waals surface area contributed by atoms with E-state index in [4.69, 9.17) is 27.9 Å². The number of carbonyl (C=O) groups excluding carboxylic acids is 1. The highest BCUT2D eigenvalue weighted by Gasteiger charge is 2.40. The summed E-state index contributed by atoms with van der Waals surface area (Å²) in [7, 11) is 0. The van der Waals surface area contributed by atoms with Gasteiger partial charge in [0.15, 0.2) is 10.1 Å². The summed E-state index contributed by atoms with van der Waals surface area (Å²) in [5.74, 6) is -0.0971. The molecule has 1 heterocycles. The lowest BCUT2D eigenvalue weighted by Gasteiger charge is -2.19. The Hall–Kier alpha value is -1.19. The van der Waals surface area contributed by atoms with Gasteiger partial charge in [-0.15, -0.1) is 0 Å². The first-order valence-electron chi connectivity index (χ1n) is 5.09. The van der Waals surface area contributed by atoms with Crippen molar-refractivity contribution in [2.24, 2.45) is 0 Å². The van der Waals surface area contributed by atoms with Gasteiger partial charge in [0.25, 0.3) is 5.91 Å². The van der Waals surface area contributed by atoms with Crippen molar-refractivity contribution in [3.63, 3.8) is 0 Å². The van der Waals surface area contributed by atoms with Gasteiger partial charge in [-0.1, -0.05) is 53.5 Å². The van der Waals surface area contributed by atoms with E-state index in [1.807, 2.05) is 30.3 Å². The van der Waals surface area contributed by atoms with E-state index in [0.717, 1.165) is 5.56 Å². The van der Waals surface area contributed by atoms with Crippen molar-refractivity contribution >= 4 is 35.2 Å². The van der Waals surface area contributed by atoms with Crippen LogP contribution in [0.5, 0.6) is 0 Å². The summed E-state index contributed by atoms with van der Waals surface area (Å²) < 4.78 is 4.21. The van der Waals surface area contributed by atoms with Gasteiger partial charge in [0, 0.05) is 0 Å². The Morgan fingerprint density at radius 1 is 1.35 bits per heavy atom. The smallest absolute Gasteiger partial charge is 0.289 e. The molecule has 1 aliphatic rings. The summed E-state index contributed by atoms with van der Waals surface area (Å²) in [4.78, 5) is 11.6. The number of rotatable bonds is 2. The Kier molecular flexibility index (Phi) is 3.31. The molecule has 0 radical (unpaired) electrons. The van der Waals surface area contributed by atoms with Crippen LogP contribution in [-0.2, 0) is 9.53 Å². The van der Waals surface area contributed by atoms with Crippen molar-refractivity contribution in [2.45, 2.75) is 17.5 Å². The number of halogens is 2. The summed E-state index contributed by atoms with van der Waals surface area (Å²) in [6, 6.07) is 9.40. The van der Waals surface area contributed by atoms with Crippen LogP contribution in [0.15, 0.2) is 36.1 Å². The molecule has 1 amide bonds. The summed E-state index contributed by atoms with van der Waals surface area (Å²) in [5.41, 5.74) is 0.879. The van der Waals surface area contributed by atoms with Crippen LogP contribution in [-0.4, -0.2) is 16.5 Å². The predicted octanol–water partition coefficient (Wildman–Crippen LogP) is 2.69. The van der Waals surface area contributed by atoms with E-state index < -0.39 is 10.6 Å². The molecule has 0 aromatic heterocycles. The van der Waals surface area contributed by atoms with Crippen LogP contribution < -0.4 is 5.32 Å². The summed E-state index contributed by atoms with van der Waals surface area (Å²) in [6.07, 6.45) is 0.919. The SMILES string of the molecule is CC(Cl)(Cl)C1NC(=O)/C(=C/c2ccccc2)O1. The molecular weight excluding hydrogens is 261 g/mol. The first kappa shape index (κ1) is 12.3. The molecule has 1 aliphatic heterocycles. The molecule has 5 heteroatoms. The van der Waals surface area contributed by atoms with Gasteiger partial charge >= 0.3 is 0 Å². The van der Waals surface area contributed by atoms with E-state index in [9.17, 15) is 4.79 Å². The fourth-order valence-corrected chi connectivity index (χ4v) is 1.63. The Bertz CT molecular complexity index is 451. The number of benzene rings is 1. The fourth-order valence-electron chi connectivity index (χ4n) is 1.43. The second kappa shape index (κ2) is 4.59. The second-order valence-electron chi connectivity index (χ2n) is 3.85. The average molecular weight is 272 g/mol. The zero-order valence-corrected chi connectivity index (χ0v) is 10.6. The van der Waals surface area contributed by atoms with Crippen LogP contribution in [0.1, 0.15) is 12.5 Å². The third-order valence-corrected chi connectivity index (χ3v) is 2.68. The molecule has 0 saturated carbocycles. The van der Waals surface area contributed by atoms with E-state index >= 15 is 0 Å². The van der Waals surface area contributed by atoms with Gasteiger partial charge in [-0.25, -0.2) is 0 Å². The Morgan fingerprint density at radius 2 is 2.00 bits per heavy atom. The fraction of sp³-hybridized carbons (Fsp3) is 0.250. The molecule has 0 aliphatic carbocycles. The highest BCUT2D eigenvalue weighted by Crippen LogP contribution is 2.30. The Labute approximate surface area is 109 Å².